The van der Waals surface area contributed by atoms with Gasteiger partial charge in [-0.15, -0.1) is 0 Å². The van der Waals surface area contributed by atoms with E-state index in [1.54, 1.807) is 43.0 Å². The van der Waals surface area contributed by atoms with E-state index >= 15 is 0 Å². The lowest BCUT2D eigenvalue weighted by Crippen LogP contribution is -2.74. The fourth-order valence-electron chi connectivity index (χ4n) is 7.60. The lowest BCUT2D eigenvalue weighted by atomic mass is 9.71. The molecule has 0 radical (unpaired) electrons. The average Bonchev–Trinajstić information content (AvgIpc) is 3.65. The standard InChI is InChI=1S/C24H24N2O5.C14H16N2O2/c1-3-31-23(30)24(16(2)20(27)26(24)15-17-9-5-4-6-10-17)13-14-25-21(28)18-11-7-8-12-19(18)22(25)29;1-10-12(17)16(9-11-5-3-2-4-6-11)14(10)7-8-15-13(14)18/h4-12,16H,3,13-15H2,1-2H3;2-6,10H,7-9H2,1H3,(H,15,18)/t16-,24+;10-,14+/m00/s1. The van der Waals surface area contributed by atoms with Crippen molar-refractivity contribution < 1.29 is 33.5 Å². The molecule has 4 atom stereocenters. The molecule has 0 unspecified atom stereocenters. The molecule has 4 aliphatic rings. The molecule has 1 N–H and O–H groups in total. The van der Waals surface area contributed by atoms with Crippen LogP contribution in [0.4, 0.5) is 0 Å². The number of carbonyl (C=O) groups is 6. The Morgan fingerprint density at radius 2 is 1.27 bits per heavy atom. The summed E-state index contributed by atoms with van der Waals surface area (Å²) in [6.07, 6.45) is 0.850. The molecule has 5 amide bonds. The highest BCUT2D eigenvalue weighted by atomic mass is 16.5. The van der Waals surface area contributed by atoms with Crippen LogP contribution in [0, 0.1) is 11.8 Å². The first-order chi connectivity index (χ1) is 23.6. The molecule has 4 aliphatic heterocycles. The molecule has 4 heterocycles. The van der Waals surface area contributed by atoms with Gasteiger partial charge in [0.1, 0.15) is 5.54 Å². The van der Waals surface area contributed by atoms with E-state index in [-0.39, 0.29) is 61.6 Å². The second kappa shape index (κ2) is 13.3. The van der Waals surface area contributed by atoms with Crippen LogP contribution in [-0.4, -0.2) is 81.0 Å². The summed E-state index contributed by atoms with van der Waals surface area (Å²) < 4.78 is 5.35. The van der Waals surface area contributed by atoms with Crippen molar-refractivity contribution in [3.63, 3.8) is 0 Å². The van der Waals surface area contributed by atoms with E-state index in [0.717, 1.165) is 22.4 Å². The number of nitrogens with zero attached hydrogens (tertiary/aromatic N) is 3. The van der Waals surface area contributed by atoms with Gasteiger partial charge in [-0.2, -0.15) is 0 Å². The monoisotopic (exact) mass is 664 g/mol. The van der Waals surface area contributed by atoms with E-state index in [1.165, 1.54) is 4.90 Å². The molecule has 0 saturated carbocycles. The quantitative estimate of drug-likeness (QED) is 0.210. The third-order valence-electron chi connectivity index (χ3n) is 10.4. The summed E-state index contributed by atoms with van der Waals surface area (Å²) in [7, 11) is 0. The smallest absolute Gasteiger partial charge is 0.332 e. The molecular formula is C38H40N4O7. The summed E-state index contributed by atoms with van der Waals surface area (Å²) in [4.78, 5) is 79.8. The Morgan fingerprint density at radius 3 is 1.78 bits per heavy atom. The second-order valence-electron chi connectivity index (χ2n) is 12.9. The van der Waals surface area contributed by atoms with Crippen molar-refractivity contribution >= 4 is 35.5 Å². The summed E-state index contributed by atoms with van der Waals surface area (Å²) in [5.41, 5.74) is 0.854. The SMILES string of the molecule is CCOC(=O)[C@@]1(CCN2C(=O)c3ccccc3C2=O)[C@@H](C)C(=O)N1Cc1ccccc1.C[C@H]1C(=O)N(Cc2ccccc2)[C@]12CCNC2=O. The second-order valence-corrected chi connectivity index (χ2v) is 12.9. The summed E-state index contributed by atoms with van der Waals surface area (Å²) in [5.74, 6) is -2.13. The van der Waals surface area contributed by atoms with E-state index in [9.17, 15) is 28.8 Å². The molecule has 3 saturated heterocycles. The highest BCUT2D eigenvalue weighted by molar-refractivity contribution is 6.21. The number of ether oxygens (including phenoxy) is 1. The molecule has 0 bridgehead atoms. The van der Waals surface area contributed by atoms with Crippen LogP contribution in [0.1, 0.15) is 65.5 Å². The van der Waals surface area contributed by atoms with Gasteiger partial charge in [-0.1, -0.05) is 86.6 Å². The number of nitrogens with one attached hydrogen (secondary N) is 1. The minimum atomic E-state index is -1.22. The number of β-lactam (4-membered cyclic amide) rings is 2. The average molecular weight is 665 g/mol. The van der Waals surface area contributed by atoms with Crippen molar-refractivity contribution in [2.75, 3.05) is 19.7 Å². The van der Waals surface area contributed by atoms with Gasteiger partial charge in [-0.3, -0.25) is 28.9 Å². The molecule has 7 rings (SSSR count). The van der Waals surface area contributed by atoms with Crippen LogP contribution < -0.4 is 5.32 Å². The number of benzene rings is 3. The van der Waals surface area contributed by atoms with E-state index in [1.807, 2.05) is 67.6 Å². The maximum Gasteiger partial charge on any atom is 0.332 e. The summed E-state index contributed by atoms with van der Waals surface area (Å²) >= 11 is 0. The molecule has 3 aromatic rings. The van der Waals surface area contributed by atoms with E-state index in [4.69, 9.17) is 4.74 Å². The summed E-state index contributed by atoms with van der Waals surface area (Å²) in [5, 5.41) is 2.85. The number of likely N-dealkylation sites (tertiary alicyclic amines) is 2. The maximum absolute atomic E-state index is 13.1. The Kier molecular flexibility index (Phi) is 9.11. The zero-order chi connectivity index (χ0) is 34.9. The first kappa shape index (κ1) is 33.6. The van der Waals surface area contributed by atoms with E-state index in [0.29, 0.717) is 24.2 Å². The van der Waals surface area contributed by atoms with Gasteiger partial charge in [0.15, 0.2) is 5.54 Å². The van der Waals surface area contributed by atoms with E-state index < -0.39 is 23.0 Å². The molecule has 3 fully saturated rings. The van der Waals surface area contributed by atoms with Crippen molar-refractivity contribution in [2.45, 2.75) is 57.8 Å². The Hall–Kier alpha value is -5.32. The van der Waals surface area contributed by atoms with Crippen LogP contribution in [0.3, 0.4) is 0 Å². The van der Waals surface area contributed by atoms with Gasteiger partial charge in [-0.25, -0.2) is 4.79 Å². The zero-order valence-electron chi connectivity index (χ0n) is 27.9. The number of amides is 5. The lowest BCUT2D eigenvalue weighted by Gasteiger charge is -2.54. The molecule has 49 heavy (non-hydrogen) atoms. The molecule has 11 heteroatoms. The number of imide groups is 1. The lowest BCUT2D eigenvalue weighted by molar-refractivity contribution is -0.192. The predicted octanol–water partition coefficient (Wildman–Crippen LogP) is 3.58. The van der Waals surface area contributed by atoms with Crippen LogP contribution in [0.15, 0.2) is 84.9 Å². The van der Waals surface area contributed by atoms with Crippen LogP contribution in [0.25, 0.3) is 0 Å². The van der Waals surface area contributed by atoms with Crippen molar-refractivity contribution in [2.24, 2.45) is 11.8 Å². The van der Waals surface area contributed by atoms with Crippen molar-refractivity contribution in [3.8, 4) is 0 Å². The molecule has 0 aromatic heterocycles. The topological polar surface area (TPSA) is 133 Å². The normalized spacial score (nSPS) is 25.4. The van der Waals surface area contributed by atoms with Gasteiger partial charge in [-0.05, 0) is 36.6 Å². The van der Waals surface area contributed by atoms with Crippen LogP contribution in [0.5, 0.6) is 0 Å². The predicted molar refractivity (Wildman–Crippen MR) is 178 cm³/mol. The number of hydrogen-bond acceptors (Lipinski definition) is 7. The molecular weight excluding hydrogens is 624 g/mol. The van der Waals surface area contributed by atoms with Gasteiger partial charge in [0.05, 0.1) is 29.6 Å². The Balaban J connectivity index is 0.000000195. The fourth-order valence-corrected chi connectivity index (χ4v) is 7.60. The fraction of sp³-hybridized carbons (Fsp3) is 0.368. The minimum absolute atomic E-state index is 0.00512. The number of carbonyl (C=O) groups excluding carboxylic acids is 6. The van der Waals surface area contributed by atoms with Gasteiger partial charge in [0.2, 0.25) is 17.7 Å². The first-order valence-corrected chi connectivity index (χ1v) is 16.7. The number of fused-ring (bicyclic) bond motifs is 1. The molecule has 3 aromatic carbocycles. The number of rotatable bonds is 9. The summed E-state index contributed by atoms with van der Waals surface area (Å²) in [6, 6.07) is 25.9. The molecule has 11 nitrogen and oxygen atoms in total. The first-order valence-electron chi connectivity index (χ1n) is 16.7. The highest BCUT2D eigenvalue weighted by Crippen LogP contribution is 2.45. The molecule has 0 aliphatic carbocycles. The van der Waals surface area contributed by atoms with Gasteiger partial charge < -0.3 is 19.9 Å². The largest absolute Gasteiger partial charge is 0.464 e. The number of esters is 1. The zero-order valence-corrected chi connectivity index (χ0v) is 27.9. The van der Waals surface area contributed by atoms with Crippen LogP contribution in [-0.2, 0) is 37.0 Å². The van der Waals surface area contributed by atoms with Crippen molar-refractivity contribution in [3.05, 3.63) is 107 Å². The van der Waals surface area contributed by atoms with E-state index in [2.05, 4.69) is 5.32 Å². The number of hydrogen-bond donors (Lipinski definition) is 1. The van der Waals surface area contributed by atoms with Crippen molar-refractivity contribution in [1.29, 1.82) is 0 Å². The van der Waals surface area contributed by atoms with Gasteiger partial charge in [0, 0.05) is 32.6 Å². The van der Waals surface area contributed by atoms with Gasteiger partial charge in [0.25, 0.3) is 11.8 Å². The third-order valence-corrected chi connectivity index (χ3v) is 10.4. The highest BCUT2D eigenvalue weighted by Gasteiger charge is 2.64. The van der Waals surface area contributed by atoms with Crippen molar-refractivity contribution in [1.82, 2.24) is 20.0 Å². The van der Waals surface area contributed by atoms with Gasteiger partial charge >= 0.3 is 5.97 Å². The van der Waals surface area contributed by atoms with Crippen LogP contribution >= 0.6 is 0 Å². The Labute approximate surface area is 285 Å². The van der Waals surface area contributed by atoms with Crippen LogP contribution in [0.2, 0.25) is 0 Å². The molecule has 1 spiro atoms. The Morgan fingerprint density at radius 1 is 0.755 bits per heavy atom. The third kappa shape index (κ3) is 5.47. The maximum atomic E-state index is 13.1. The molecule has 254 valence electrons. The summed E-state index contributed by atoms with van der Waals surface area (Å²) in [6.45, 7) is 6.91. The Bertz CT molecular complexity index is 1760. The minimum Gasteiger partial charge on any atom is -0.464 e.